The van der Waals surface area contributed by atoms with Crippen LogP contribution in [-0.4, -0.2) is 9.38 Å². The molecule has 0 aliphatic carbocycles. The Balaban J connectivity index is 1.57. The van der Waals surface area contributed by atoms with Gasteiger partial charge in [0.25, 0.3) is 0 Å². The van der Waals surface area contributed by atoms with E-state index in [4.69, 9.17) is 4.98 Å². The fourth-order valence-electron chi connectivity index (χ4n) is 5.13. The summed E-state index contributed by atoms with van der Waals surface area (Å²) in [5, 5.41) is 5.28. The van der Waals surface area contributed by atoms with Gasteiger partial charge in [-0.2, -0.15) is 0 Å². The molecule has 8 rings (SSSR count). The zero-order valence-electron chi connectivity index (χ0n) is 17.4. The molecule has 154 valence electrons. The Morgan fingerprint density at radius 3 is 2.30 bits per heavy atom. The molecule has 8 aromatic rings. The van der Waals surface area contributed by atoms with Crippen LogP contribution in [0.2, 0.25) is 0 Å². The van der Waals surface area contributed by atoms with Gasteiger partial charge in [0.1, 0.15) is 11.2 Å². The summed E-state index contributed by atoms with van der Waals surface area (Å²) in [7, 11) is 0. The lowest BCUT2D eigenvalue weighted by Gasteiger charge is -2.07. The minimum absolute atomic E-state index is 0.989. The van der Waals surface area contributed by atoms with Crippen molar-refractivity contribution in [2.45, 2.75) is 0 Å². The van der Waals surface area contributed by atoms with Crippen molar-refractivity contribution in [3.63, 3.8) is 0 Å². The van der Waals surface area contributed by atoms with E-state index in [1.165, 1.54) is 51.5 Å². The summed E-state index contributed by atoms with van der Waals surface area (Å²) < 4.78 is 7.46. The average Bonchev–Trinajstić information content (AvgIpc) is 3.54. The van der Waals surface area contributed by atoms with Crippen molar-refractivity contribution in [3.05, 3.63) is 97.2 Å². The number of benzene rings is 4. The first-order chi connectivity index (χ1) is 16.3. The molecule has 4 aromatic carbocycles. The second-order valence-corrected chi connectivity index (χ2v) is 10.6. The molecule has 4 heterocycles. The maximum absolute atomic E-state index is 5.03. The highest BCUT2D eigenvalue weighted by atomic mass is 32.1. The summed E-state index contributed by atoms with van der Waals surface area (Å²) in [6.45, 7) is 0. The van der Waals surface area contributed by atoms with Crippen LogP contribution in [0.25, 0.3) is 68.2 Å². The second-order valence-electron chi connectivity index (χ2n) is 8.44. The van der Waals surface area contributed by atoms with E-state index in [1.807, 2.05) is 22.7 Å². The van der Waals surface area contributed by atoms with Crippen molar-refractivity contribution >= 4 is 79.7 Å². The quantitative estimate of drug-likeness (QED) is 0.241. The van der Waals surface area contributed by atoms with Crippen molar-refractivity contribution in [1.82, 2.24) is 9.38 Å². The van der Waals surface area contributed by atoms with Gasteiger partial charge < -0.3 is 0 Å². The second kappa shape index (κ2) is 6.41. The Hall–Kier alpha value is -3.73. The summed E-state index contributed by atoms with van der Waals surface area (Å²) in [6, 6.07) is 33.0. The summed E-state index contributed by atoms with van der Waals surface area (Å²) in [4.78, 5) is 5.03. The van der Waals surface area contributed by atoms with E-state index in [0.29, 0.717) is 0 Å². The molecular formula is C29H16N2S2. The number of thiophene rings is 2. The monoisotopic (exact) mass is 456 g/mol. The summed E-state index contributed by atoms with van der Waals surface area (Å²) in [5.74, 6) is 0. The SMILES string of the molecule is c1ccc2c(c1)sc1ccc(-c3cc4c(nc5ccccn54)c4sc5ccccc5c34)cc12. The molecule has 0 saturated heterocycles. The molecule has 0 N–H and O–H groups in total. The molecule has 0 aliphatic rings. The number of hydrogen-bond donors (Lipinski definition) is 0. The number of hydrogen-bond acceptors (Lipinski definition) is 3. The van der Waals surface area contributed by atoms with Gasteiger partial charge in [-0.15, -0.1) is 22.7 Å². The molecule has 2 nitrogen and oxygen atoms in total. The lowest BCUT2D eigenvalue weighted by molar-refractivity contribution is 1.23. The lowest BCUT2D eigenvalue weighted by Crippen LogP contribution is -1.85. The highest BCUT2D eigenvalue weighted by Crippen LogP contribution is 2.45. The Morgan fingerprint density at radius 2 is 1.39 bits per heavy atom. The van der Waals surface area contributed by atoms with Crippen molar-refractivity contribution in [2.24, 2.45) is 0 Å². The van der Waals surface area contributed by atoms with Crippen LogP contribution in [-0.2, 0) is 0 Å². The number of imidazole rings is 1. The lowest BCUT2D eigenvalue weighted by atomic mass is 9.97. The minimum atomic E-state index is 0.989. The third-order valence-corrected chi connectivity index (χ3v) is 8.94. The zero-order chi connectivity index (χ0) is 21.5. The van der Waals surface area contributed by atoms with Gasteiger partial charge >= 0.3 is 0 Å². The van der Waals surface area contributed by atoms with Crippen LogP contribution in [0.1, 0.15) is 0 Å². The minimum Gasteiger partial charge on any atom is -0.300 e. The van der Waals surface area contributed by atoms with Gasteiger partial charge in [0, 0.05) is 41.8 Å². The molecule has 0 atom stereocenters. The van der Waals surface area contributed by atoms with Gasteiger partial charge in [-0.25, -0.2) is 4.98 Å². The number of aromatic nitrogens is 2. The van der Waals surface area contributed by atoms with E-state index >= 15 is 0 Å². The molecule has 0 bridgehead atoms. The third kappa shape index (κ3) is 2.39. The summed E-state index contributed by atoms with van der Waals surface area (Å²) in [6.07, 6.45) is 2.11. The summed E-state index contributed by atoms with van der Waals surface area (Å²) >= 11 is 3.72. The van der Waals surface area contributed by atoms with Gasteiger partial charge in [0.05, 0.1) is 10.2 Å². The molecule has 0 radical (unpaired) electrons. The molecule has 4 heteroatoms. The fourth-order valence-corrected chi connectivity index (χ4v) is 7.43. The molecule has 0 aliphatic heterocycles. The van der Waals surface area contributed by atoms with Crippen molar-refractivity contribution in [2.75, 3.05) is 0 Å². The Labute approximate surface area is 197 Å². The number of rotatable bonds is 1. The first-order valence-corrected chi connectivity index (χ1v) is 12.6. The van der Waals surface area contributed by atoms with Crippen LogP contribution >= 0.6 is 22.7 Å². The maximum Gasteiger partial charge on any atom is 0.137 e. The molecule has 0 amide bonds. The molecule has 33 heavy (non-hydrogen) atoms. The largest absolute Gasteiger partial charge is 0.300 e. The van der Waals surface area contributed by atoms with Crippen molar-refractivity contribution in [3.8, 4) is 11.1 Å². The topological polar surface area (TPSA) is 17.3 Å². The predicted molar refractivity (Wildman–Crippen MR) is 144 cm³/mol. The van der Waals surface area contributed by atoms with Gasteiger partial charge in [0.2, 0.25) is 0 Å². The number of nitrogens with zero attached hydrogens (tertiary/aromatic N) is 2. The van der Waals surface area contributed by atoms with Gasteiger partial charge in [-0.3, -0.25) is 4.40 Å². The maximum atomic E-state index is 5.03. The van der Waals surface area contributed by atoms with Crippen LogP contribution in [0.3, 0.4) is 0 Å². The third-order valence-electron chi connectivity index (χ3n) is 6.62. The molecule has 0 fully saturated rings. The van der Waals surface area contributed by atoms with Crippen LogP contribution in [0.15, 0.2) is 97.2 Å². The van der Waals surface area contributed by atoms with Gasteiger partial charge in [-0.1, -0.05) is 48.5 Å². The highest BCUT2D eigenvalue weighted by molar-refractivity contribution is 7.27. The Morgan fingerprint density at radius 1 is 0.636 bits per heavy atom. The van der Waals surface area contributed by atoms with Crippen LogP contribution in [0.5, 0.6) is 0 Å². The molecule has 4 aromatic heterocycles. The molecule has 0 saturated carbocycles. The molecule has 0 unspecified atom stereocenters. The smallest absolute Gasteiger partial charge is 0.137 e. The normalized spacial score (nSPS) is 12.2. The van der Waals surface area contributed by atoms with E-state index in [1.54, 1.807) is 0 Å². The average molecular weight is 457 g/mol. The van der Waals surface area contributed by atoms with Crippen molar-refractivity contribution in [1.29, 1.82) is 0 Å². The Kier molecular flexibility index (Phi) is 3.45. The standard InChI is InChI=1S/C29H16N2S2/c1-3-9-23-18(7-1)21-15-17(12-13-25(21)32-23)20-16-22-28(30-26-11-5-6-14-31(22)26)29-27(20)19-8-2-4-10-24(19)33-29/h1-16H. The summed E-state index contributed by atoms with van der Waals surface area (Å²) in [5.41, 5.74) is 5.77. The Bertz CT molecular complexity index is 2040. The van der Waals surface area contributed by atoms with Crippen LogP contribution in [0, 0.1) is 0 Å². The molecule has 0 spiro atoms. The first-order valence-electron chi connectivity index (χ1n) is 11.0. The van der Waals surface area contributed by atoms with Crippen LogP contribution in [0.4, 0.5) is 0 Å². The fraction of sp³-hybridized carbons (Fsp3) is 0. The van der Waals surface area contributed by atoms with E-state index < -0.39 is 0 Å². The van der Waals surface area contributed by atoms with E-state index in [-0.39, 0.29) is 0 Å². The first kappa shape index (κ1) is 17.8. The van der Waals surface area contributed by atoms with Crippen molar-refractivity contribution < 1.29 is 0 Å². The van der Waals surface area contributed by atoms with Gasteiger partial charge in [-0.05, 0) is 53.6 Å². The van der Waals surface area contributed by atoms with E-state index in [9.17, 15) is 0 Å². The predicted octanol–water partition coefficient (Wildman–Crippen LogP) is 8.89. The highest BCUT2D eigenvalue weighted by Gasteiger charge is 2.18. The number of pyridine rings is 1. The van der Waals surface area contributed by atoms with E-state index in [0.717, 1.165) is 16.7 Å². The van der Waals surface area contributed by atoms with Gasteiger partial charge in [0.15, 0.2) is 0 Å². The molecular weight excluding hydrogens is 440 g/mol. The zero-order valence-corrected chi connectivity index (χ0v) is 19.1. The van der Waals surface area contributed by atoms with E-state index in [2.05, 4.69) is 102 Å². The van der Waals surface area contributed by atoms with Crippen LogP contribution < -0.4 is 0 Å². The number of fused-ring (bicyclic) bond motifs is 10.